The molecule has 0 heterocycles. The Labute approximate surface area is 131 Å². The van der Waals surface area contributed by atoms with E-state index in [-0.39, 0.29) is 0 Å². The Morgan fingerprint density at radius 3 is 1.95 bits per heavy atom. The molecule has 0 bridgehead atoms. The van der Waals surface area contributed by atoms with Crippen LogP contribution in [-0.4, -0.2) is 0 Å². The van der Waals surface area contributed by atoms with Gasteiger partial charge in [0.1, 0.15) is 0 Å². The summed E-state index contributed by atoms with van der Waals surface area (Å²) in [7, 11) is 0. The van der Waals surface area contributed by atoms with E-state index in [0.717, 1.165) is 40.2 Å². The van der Waals surface area contributed by atoms with Crippen molar-refractivity contribution in [1.29, 1.82) is 0 Å². The van der Waals surface area contributed by atoms with E-state index >= 15 is 0 Å². The van der Waals surface area contributed by atoms with Gasteiger partial charge in [-0.25, -0.2) is 0 Å². The van der Waals surface area contributed by atoms with Gasteiger partial charge in [-0.3, -0.25) is 0 Å². The smallest absolute Gasteiger partial charge is 0.0441 e. The Kier molecular flexibility index (Phi) is 3.88. The summed E-state index contributed by atoms with van der Waals surface area (Å²) in [6.45, 7) is 0. The minimum atomic E-state index is 0.845. The van der Waals surface area contributed by atoms with Crippen LogP contribution in [0.15, 0.2) is 34.8 Å². The van der Waals surface area contributed by atoms with E-state index < -0.39 is 0 Å². The third-order valence-electron chi connectivity index (χ3n) is 3.77. The minimum absolute atomic E-state index is 0.845. The minimum Gasteiger partial charge on any atom is -0.0840 e. The van der Waals surface area contributed by atoms with Crippen LogP contribution in [0.4, 0.5) is 0 Å². The quantitative estimate of drug-likeness (QED) is 0.573. The number of benzene rings is 2. The lowest BCUT2D eigenvalue weighted by Gasteiger charge is -2.19. The lowest BCUT2D eigenvalue weighted by molar-refractivity contribution is 0.839. The number of halogens is 3. The molecule has 0 saturated carbocycles. The Hall–Kier alpha value is -0.500. The summed E-state index contributed by atoms with van der Waals surface area (Å²) < 4.78 is 1.14. The summed E-state index contributed by atoms with van der Waals surface area (Å²) >= 11 is 16.2. The molecule has 0 fully saturated rings. The Morgan fingerprint density at radius 1 is 0.737 bits per heavy atom. The third kappa shape index (κ3) is 2.69. The fraction of sp³-hybridized carbons (Fsp3) is 0.250. The van der Waals surface area contributed by atoms with E-state index in [1.807, 2.05) is 12.1 Å². The molecule has 0 unspecified atom stereocenters. The zero-order chi connectivity index (χ0) is 13.4. The van der Waals surface area contributed by atoms with Gasteiger partial charge in [0.2, 0.25) is 0 Å². The maximum atomic E-state index is 6.33. The Balaban J connectivity index is 2.03. The van der Waals surface area contributed by atoms with Gasteiger partial charge in [-0.2, -0.15) is 0 Å². The average Bonchev–Trinajstić information content (AvgIpc) is 2.37. The predicted molar refractivity (Wildman–Crippen MR) is 85.4 cm³/mol. The van der Waals surface area contributed by atoms with Gasteiger partial charge in [0.05, 0.1) is 0 Å². The fourth-order valence-corrected chi connectivity index (χ4v) is 3.72. The van der Waals surface area contributed by atoms with Crippen LogP contribution in [0.25, 0.3) is 0 Å². The average molecular weight is 356 g/mol. The van der Waals surface area contributed by atoms with Crippen LogP contribution in [-0.2, 0) is 25.7 Å². The monoisotopic (exact) mass is 354 g/mol. The van der Waals surface area contributed by atoms with Crippen molar-refractivity contribution >= 4 is 39.1 Å². The van der Waals surface area contributed by atoms with Crippen LogP contribution in [0.2, 0.25) is 10.0 Å². The number of fused-ring (bicyclic) bond motifs is 2. The van der Waals surface area contributed by atoms with Crippen molar-refractivity contribution in [3.63, 3.8) is 0 Å². The zero-order valence-electron chi connectivity index (χ0n) is 10.3. The van der Waals surface area contributed by atoms with Crippen molar-refractivity contribution in [1.82, 2.24) is 0 Å². The molecule has 0 amide bonds. The van der Waals surface area contributed by atoms with E-state index in [4.69, 9.17) is 23.2 Å². The van der Waals surface area contributed by atoms with Gasteiger partial charge in [-0.15, -0.1) is 0 Å². The summed E-state index contributed by atoms with van der Waals surface area (Å²) in [4.78, 5) is 0. The first-order chi connectivity index (χ1) is 9.15. The highest BCUT2D eigenvalue weighted by atomic mass is 79.9. The van der Waals surface area contributed by atoms with Gasteiger partial charge >= 0.3 is 0 Å². The highest BCUT2D eigenvalue weighted by Crippen LogP contribution is 2.32. The maximum Gasteiger partial charge on any atom is 0.0441 e. The normalized spacial score (nSPS) is 14.3. The van der Waals surface area contributed by atoms with Crippen LogP contribution in [0.3, 0.4) is 0 Å². The van der Waals surface area contributed by atoms with Crippen molar-refractivity contribution in [2.75, 3.05) is 0 Å². The van der Waals surface area contributed by atoms with Crippen molar-refractivity contribution < 1.29 is 0 Å². The second-order valence-electron chi connectivity index (χ2n) is 4.90. The lowest BCUT2D eigenvalue weighted by Crippen LogP contribution is -2.08. The van der Waals surface area contributed by atoms with Gasteiger partial charge in [0, 0.05) is 14.5 Å². The number of hydrogen-bond donors (Lipinski definition) is 0. The molecule has 0 nitrogen and oxygen atoms in total. The summed E-state index contributed by atoms with van der Waals surface area (Å²) in [6, 6.07) is 10.4. The zero-order valence-corrected chi connectivity index (χ0v) is 13.4. The van der Waals surface area contributed by atoms with E-state index in [9.17, 15) is 0 Å². The third-order valence-corrected chi connectivity index (χ3v) is 4.98. The van der Waals surface area contributed by atoms with Gasteiger partial charge in [0.15, 0.2) is 0 Å². The highest BCUT2D eigenvalue weighted by Gasteiger charge is 2.16. The molecule has 3 rings (SSSR count). The Bertz CT molecular complexity index is 635. The predicted octanol–water partition coefficient (Wildman–Crippen LogP) is 5.64. The van der Waals surface area contributed by atoms with Crippen LogP contribution in [0.1, 0.15) is 22.3 Å². The van der Waals surface area contributed by atoms with Crippen molar-refractivity contribution in [2.24, 2.45) is 0 Å². The van der Waals surface area contributed by atoms with E-state index in [2.05, 4.69) is 34.1 Å². The van der Waals surface area contributed by atoms with Crippen LogP contribution >= 0.6 is 39.1 Å². The molecule has 0 aromatic heterocycles. The summed E-state index contributed by atoms with van der Waals surface area (Å²) in [5.74, 6) is 0. The van der Waals surface area contributed by atoms with Crippen molar-refractivity contribution in [3.8, 4) is 0 Å². The summed E-state index contributed by atoms with van der Waals surface area (Å²) in [5, 5.41) is 1.69. The van der Waals surface area contributed by atoms with Crippen molar-refractivity contribution in [3.05, 3.63) is 67.1 Å². The highest BCUT2D eigenvalue weighted by molar-refractivity contribution is 9.10. The first-order valence-corrected chi connectivity index (χ1v) is 7.93. The first-order valence-electron chi connectivity index (χ1n) is 6.38. The summed E-state index contributed by atoms with van der Waals surface area (Å²) in [6.07, 6.45) is 3.96. The number of hydrogen-bond acceptors (Lipinski definition) is 0. The largest absolute Gasteiger partial charge is 0.0840 e. The molecule has 19 heavy (non-hydrogen) atoms. The lowest BCUT2D eigenvalue weighted by atomic mass is 9.89. The van der Waals surface area contributed by atoms with Crippen molar-refractivity contribution in [2.45, 2.75) is 25.7 Å². The first kappa shape index (κ1) is 13.5. The molecule has 2 aromatic rings. The molecule has 0 atom stereocenters. The molecule has 0 spiro atoms. The molecule has 0 aliphatic heterocycles. The molecular weight excluding hydrogens is 343 g/mol. The standard InChI is InChI=1S/C16H13BrCl2/c17-12-4-1-10-2-5-13-14(6-3-11(10)9-12)16(19)8-7-15(13)18/h1,4,7-9H,2-3,5-6H2. The summed E-state index contributed by atoms with van der Waals surface area (Å²) in [5.41, 5.74) is 5.28. The van der Waals surface area contributed by atoms with Gasteiger partial charge in [0.25, 0.3) is 0 Å². The van der Waals surface area contributed by atoms with Gasteiger partial charge in [-0.1, -0.05) is 45.2 Å². The fourth-order valence-electron chi connectivity index (χ4n) is 2.77. The molecule has 1 aliphatic carbocycles. The number of aryl methyl sites for hydroxylation is 2. The Morgan fingerprint density at radius 2 is 1.32 bits per heavy atom. The molecule has 2 aromatic carbocycles. The van der Waals surface area contributed by atoms with E-state index in [0.29, 0.717) is 0 Å². The molecule has 1 aliphatic rings. The van der Waals surface area contributed by atoms with Crippen LogP contribution in [0.5, 0.6) is 0 Å². The van der Waals surface area contributed by atoms with Gasteiger partial charge in [-0.05, 0) is 72.2 Å². The van der Waals surface area contributed by atoms with E-state index in [1.165, 1.54) is 22.3 Å². The molecule has 0 saturated heterocycles. The second kappa shape index (κ2) is 5.47. The SMILES string of the molecule is Clc1ccc(Cl)c2c1CCc1ccc(Br)cc1CC2. The van der Waals surface area contributed by atoms with Gasteiger partial charge < -0.3 is 0 Å². The molecule has 0 N–H and O–H groups in total. The number of rotatable bonds is 0. The van der Waals surface area contributed by atoms with Crippen LogP contribution < -0.4 is 0 Å². The molecule has 0 radical (unpaired) electrons. The van der Waals surface area contributed by atoms with Crippen LogP contribution in [0, 0.1) is 0 Å². The molecular formula is C16H13BrCl2. The maximum absolute atomic E-state index is 6.33. The van der Waals surface area contributed by atoms with E-state index in [1.54, 1.807) is 0 Å². The molecule has 3 heteroatoms. The second-order valence-corrected chi connectivity index (χ2v) is 6.63. The molecule has 98 valence electrons. The topological polar surface area (TPSA) is 0 Å².